The summed E-state index contributed by atoms with van der Waals surface area (Å²) in [5.74, 6) is 0.181. The van der Waals surface area contributed by atoms with Crippen molar-refractivity contribution in [1.82, 2.24) is 14.9 Å². The predicted octanol–water partition coefficient (Wildman–Crippen LogP) is -0.251. The summed E-state index contributed by atoms with van der Waals surface area (Å²) in [4.78, 5) is 15.8. The standard InChI is InChI=1S/C11H17N3O3S/c1-2-18(16,17)8-11(15)13-9-3-4-10-12-5-6-14(10)7-9/h5-6,9H,2-4,7-8H2,1H3,(H,13,15)/t9-/m0/s1. The highest BCUT2D eigenvalue weighted by Gasteiger charge is 2.22. The van der Waals surface area contributed by atoms with Crippen LogP contribution in [0.25, 0.3) is 0 Å². The number of aryl methyl sites for hydroxylation is 1. The number of hydrogen-bond acceptors (Lipinski definition) is 4. The average Bonchev–Trinajstić information content (AvgIpc) is 2.75. The summed E-state index contributed by atoms with van der Waals surface area (Å²) in [7, 11) is -3.25. The lowest BCUT2D eigenvalue weighted by Crippen LogP contribution is -2.43. The summed E-state index contributed by atoms with van der Waals surface area (Å²) in [5.41, 5.74) is 0. The number of fused-ring (bicyclic) bond motifs is 1. The first-order chi connectivity index (χ1) is 8.50. The lowest BCUT2D eigenvalue weighted by Gasteiger charge is -2.24. The van der Waals surface area contributed by atoms with Crippen molar-refractivity contribution >= 4 is 15.7 Å². The Balaban J connectivity index is 1.90. The molecule has 0 spiro atoms. The Hall–Kier alpha value is -1.37. The van der Waals surface area contributed by atoms with Gasteiger partial charge in [-0.1, -0.05) is 6.92 Å². The van der Waals surface area contributed by atoms with Gasteiger partial charge >= 0.3 is 0 Å². The van der Waals surface area contributed by atoms with Gasteiger partial charge in [0.25, 0.3) is 0 Å². The number of carbonyl (C=O) groups excluding carboxylic acids is 1. The van der Waals surface area contributed by atoms with Crippen LogP contribution in [0.4, 0.5) is 0 Å². The number of sulfone groups is 1. The van der Waals surface area contributed by atoms with Crippen molar-refractivity contribution in [3.05, 3.63) is 18.2 Å². The molecule has 1 atom stereocenters. The zero-order chi connectivity index (χ0) is 13.2. The molecule has 1 aromatic heterocycles. The van der Waals surface area contributed by atoms with Crippen molar-refractivity contribution in [2.24, 2.45) is 0 Å². The second kappa shape index (κ2) is 5.09. The van der Waals surface area contributed by atoms with Crippen LogP contribution >= 0.6 is 0 Å². The van der Waals surface area contributed by atoms with Gasteiger partial charge in [-0.05, 0) is 6.42 Å². The predicted molar refractivity (Wildman–Crippen MR) is 66.8 cm³/mol. The molecule has 2 rings (SSSR count). The Kier molecular flexibility index (Phi) is 3.70. The first kappa shape index (κ1) is 13.1. The van der Waals surface area contributed by atoms with E-state index in [0.717, 1.165) is 18.7 Å². The van der Waals surface area contributed by atoms with E-state index in [1.54, 1.807) is 13.1 Å². The van der Waals surface area contributed by atoms with Gasteiger partial charge in [-0.2, -0.15) is 0 Å². The van der Waals surface area contributed by atoms with Crippen LogP contribution in [0.3, 0.4) is 0 Å². The molecule has 0 saturated heterocycles. The van der Waals surface area contributed by atoms with Gasteiger partial charge in [0.1, 0.15) is 11.6 Å². The molecule has 1 amide bonds. The average molecular weight is 271 g/mol. The lowest BCUT2D eigenvalue weighted by atomic mass is 10.1. The topological polar surface area (TPSA) is 81.1 Å². The highest BCUT2D eigenvalue weighted by atomic mass is 32.2. The second-order valence-electron chi connectivity index (χ2n) is 4.48. The van der Waals surface area contributed by atoms with Crippen molar-refractivity contribution in [2.75, 3.05) is 11.5 Å². The first-order valence-corrected chi connectivity index (χ1v) is 7.82. The molecule has 0 radical (unpaired) electrons. The number of imidazole rings is 1. The van der Waals surface area contributed by atoms with E-state index < -0.39 is 21.5 Å². The van der Waals surface area contributed by atoms with Crippen molar-refractivity contribution in [1.29, 1.82) is 0 Å². The quantitative estimate of drug-likeness (QED) is 0.818. The molecule has 0 bridgehead atoms. The minimum absolute atomic E-state index is 0.00322. The lowest BCUT2D eigenvalue weighted by molar-refractivity contribution is -0.119. The molecular weight excluding hydrogens is 254 g/mol. The zero-order valence-corrected chi connectivity index (χ0v) is 11.1. The summed E-state index contributed by atoms with van der Waals surface area (Å²) in [6.07, 6.45) is 5.21. The Bertz CT molecular complexity index is 535. The second-order valence-corrected chi connectivity index (χ2v) is 6.83. The van der Waals surface area contributed by atoms with Crippen molar-refractivity contribution in [3.8, 4) is 0 Å². The Morgan fingerprint density at radius 3 is 3.11 bits per heavy atom. The number of aromatic nitrogens is 2. The van der Waals surface area contributed by atoms with E-state index in [1.807, 2.05) is 10.8 Å². The van der Waals surface area contributed by atoms with Gasteiger partial charge < -0.3 is 9.88 Å². The summed E-state index contributed by atoms with van der Waals surface area (Å²) in [6, 6.07) is -0.00810. The van der Waals surface area contributed by atoms with Crippen molar-refractivity contribution in [3.63, 3.8) is 0 Å². The van der Waals surface area contributed by atoms with Gasteiger partial charge in [0.2, 0.25) is 5.91 Å². The molecule has 0 saturated carbocycles. The molecule has 1 aromatic rings. The molecule has 7 heteroatoms. The number of nitrogens with one attached hydrogen (secondary N) is 1. The molecule has 6 nitrogen and oxygen atoms in total. The summed E-state index contributed by atoms with van der Waals surface area (Å²) < 4.78 is 24.7. The first-order valence-electron chi connectivity index (χ1n) is 6.00. The fourth-order valence-electron chi connectivity index (χ4n) is 2.06. The van der Waals surface area contributed by atoms with E-state index in [4.69, 9.17) is 0 Å². The molecular formula is C11H17N3O3S. The van der Waals surface area contributed by atoms with E-state index in [0.29, 0.717) is 6.54 Å². The maximum absolute atomic E-state index is 11.6. The highest BCUT2D eigenvalue weighted by molar-refractivity contribution is 7.92. The molecule has 1 N–H and O–H groups in total. The van der Waals surface area contributed by atoms with Crippen LogP contribution in [0.1, 0.15) is 19.2 Å². The van der Waals surface area contributed by atoms with Gasteiger partial charge in [0.05, 0.1) is 0 Å². The number of carbonyl (C=O) groups is 1. The minimum Gasteiger partial charge on any atom is -0.351 e. The van der Waals surface area contributed by atoms with Gasteiger partial charge in [0, 0.05) is 37.2 Å². The minimum atomic E-state index is -3.25. The molecule has 0 aromatic carbocycles. The number of nitrogens with zero attached hydrogens (tertiary/aromatic N) is 2. The number of amides is 1. The maximum atomic E-state index is 11.6. The third kappa shape index (κ3) is 3.10. The zero-order valence-electron chi connectivity index (χ0n) is 10.3. The Morgan fingerprint density at radius 1 is 1.61 bits per heavy atom. The fourth-order valence-corrected chi connectivity index (χ4v) is 2.74. The van der Waals surface area contributed by atoms with Crippen molar-refractivity contribution in [2.45, 2.75) is 32.4 Å². The third-order valence-corrected chi connectivity index (χ3v) is 4.67. The molecule has 18 heavy (non-hydrogen) atoms. The normalized spacial score (nSPS) is 19.3. The van der Waals surface area contributed by atoms with E-state index in [-0.39, 0.29) is 11.8 Å². The van der Waals surface area contributed by atoms with Crippen LogP contribution in [0.15, 0.2) is 12.4 Å². The van der Waals surface area contributed by atoms with Gasteiger partial charge in [0.15, 0.2) is 9.84 Å². The Labute approximate surface area is 106 Å². The van der Waals surface area contributed by atoms with Crippen LogP contribution in [0.2, 0.25) is 0 Å². The molecule has 1 aliphatic rings. The van der Waals surface area contributed by atoms with Crippen molar-refractivity contribution < 1.29 is 13.2 Å². The summed E-state index contributed by atoms with van der Waals surface area (Å²) >= 11 is 0. The Morgan fingerprint density at radius 2 is 2.39 bits per heavy atom. The van der Waals surface area contributed by atoms with Crippen LogP contribution < -0.4 is 5.32 Å². The van der Waals surface area contributed by atoms with Crippen LogP contribution in [-0.2, 0) is 27.6 Å². The van der Waals surface area contributed by atoms with E-state index >= 15 is 0 Å². The molecule has 0 aliphatic carbocycles. The van der Waals surface area contributed by atoms with Gasteiger partial charge in [-0.15, -0.1) is 0 Å². The largest absolute Gasteiger partial charge is 0.351 e. The fraction of sp³-hybridized carbons (Fsp3) is 0.636. The number of hydrogen-bond donors (Lipinski definition) is 1. The third-order valence-electron chi connectivity index (χ3n) is 3.09. The molecule has 0 fully saturated rings. The highest BCUT2D eigenvalue weighted by Crippen LogP contribution is 2.12. The monoisotopic (exact) mass is 271 g/mol. The maximum Gasteiger partial charge on any atom is 0.235 e. The van der Waals surface area contributed by atoms with Crippen LogP contribution in [0.5, 0.6) is 0 Å². The summed E-state index contributed by atoms with van der Waals surface area (Å²) in [6.45, 7) is 2.20. The molecule has 100 valence electrons. The van der Waals surface area contributed by atoms with Crippen LogP contribution in [0, 0.1) is 0 Å². The van der Waals surface area contributed by atoms with E-state index in [1.165, 1.54) is 0 Å². The SMILES string of the molecule is CCS(=O)(=O)CC(=O)N[C@H]1CCc2nccn2C1. The number of rotatable bonds is 4. The van der Waals surface area contributed by atoms with Gasteiger partial charge in [-0.3, -0.25) is 4.79 Å². The molecule has 1 aliphatic heterocycles. The van der Waals surface area contributed by atoms with Crippen LogP contribution in [-0.4, -0.2) is 41.4 Å². The smallest absolute Gasteiger partial charge is 0.235 e. The molecule has 2 heterocycles. The molecule has 0 unspecified atom stereocenters. The van der Waals surface area contributed by atoms with Gasteiger partial charge in [-0.25, -0.2) is 13.4 Å². The van der Waals surface area contributed by atoms with E-state index in [9.17, 15) is 13.2 Å². The summed E-state index contributed by atoms with van der Waals surface area (Å²) in [5, 5.41) is 2.77. The van der Waals surface area contributed by atoms with E-state index in [2.05, 4.69) is 10.3 Å².